The molecule has 1 aromatic carbocycles. The first kappa shape index (κ1) is 13.4. The molecule has 3 nitrogen and oxygen atoms in total. The highest BCUT2D eigenvalue weighted by Gasteiger charge is 2.23. The third-order valence-corrected chi connectivity index (χ3v) is 4.06. The van der Waals surface area contributed by atoms with Crippen LogP contribution in [0.15, 0.2) is 36.4 Å². The summed E-state index contributed by atoms with van der Waals surface area (Å²) in [6, 6.07) is 12.4. The van der Waals surface area contributed by atoms with E-state index >= 15 is 0 Å². The van der Waals surface area contributed by atoms with Gasteiger partial charge in [0.25, 0.3) is 0 Å². The number of para-hydroxylation sites is 1. The number of rotatable bonds is 2. The van der Waals surface area contributed by atoms with Crippen LogP contribution in [-0.2, 0) is 13.0 Å². The van der Waals surface area contributed by atoms with Crippen LogP contribution in [0.5, 0.6) is 0 Å². The molecule has 1 aliphatic heterocycles. The Balaban J connectivity index is 2.06. The standard InChI is InChI=1S/C16H18ClN3/c1-11-8-12-4-2-3-5-15(12)20(10-11)16-7-6-13(17)14(9-18)19-16/h2-7,11H,8-10,18H2,1H3. The van der Waals surface area contributed by atoms with Gasteiger partial charge in [0.15, 0.2) is 0 Å². The van der Waals surface area contributed by atoms with Crippen molar-refractivity contribution in [2.45, 2.75) is 19.9 Å². The number of hydrogen-bond acceptors (Lipinski definition) is 3. The van der Waals surface area contributed by atoms with E-state index in [0.29, 0.717) is 17.5 Å². The van der Waals surface area contributed by atoms with Gasteiger partial charge < -0.3 is 10.6 Å². The van der Waals surface area contributed by atoms with Gasteiger partial charge in [-0.05, 0) is 36.1 Å². The highest BCUT2D eigenvalue weighted by Crippen LogP contribution is 2.34. The normalized spacial score (nSPS) is 17.9. The number of pyridine rings is 1. The Morgan fingerprint density at radius 2 is 2.10 bits per heavy atom. The summed E-state index contributed by atoms with van der Waals surface area (Å²) in [6.45, 7) is 3.59. The maximum Gasteiger partial charge on any atom is 0.133 e. The fourth-order valence-corrected chi connectivity index (χ4v) is 2.96. The SMILES string of the molecule is CC1Cc2ccccc2N(c2ccc(Cl)c(CN)n2)C1. The lowest BCUT2D eigenvalue weighted by Gasteiger charge is -2.34. The zero-order valence-corrected chi connectivity index (χ0v) is 12.3. The topological polar surface area (TPSA) is 42.1 Å². The van der Waals surface area contributed by atoms with Crippen LogP contribution in [0.1, 0.15) is 18.2 Å². The summed E-state index contributed by atoms with van der Waals surface area (Å²) >= 11 is 6.10. The average Bonchev–Trinajstić information content (AvgIpc) is 2.47. The Labute approximate surface area is 124 Å². The first-order valence-corrected chi connectivity index (χ1v) is 7.27. The van der Waals surface area contributed by atoms with Crippen LogP contribution in [0, 0.1) is 5.92 Å². The van der Waals surface area contributed by atoms with Gasteiger partial charge in [0, 0.05) is 18.8 Å². The summed E-state index contributed by atoms with van der Waals surface area (Å²) in [5.74, 6) is 1.53. The highest BCUT2D eigenvalue weighted by molar-refractivity contribution is 6.31. The molecule has 2 heterocycles. The third-order valence-electron chi connectivity index (χ3n) is 3.72. The van der Waals surface area contributed by atoms with Crippen molar-refractivity contribution in [1.29, 1.82) is 0 Å². The van der Waals surface area contributed by atoms with Crippen molar-refractivity contribution in [2.24, 2.45) is 11.7 Å². The first-order valence-electron chi connectivity index (χ1n) is 6.90. The zero-order valence-electron chi connectivity index (χ0n) is 11.5. The molecule has 0 saturated heterocycles. The number of aromatic nitrogens is 1. The van der Waals surface area contributed by atoms with Crippen molar-refractivity contribution in [1.82, 2.24) is 4.98 Å². The van der Waals surface area contributed by atoms with E-state index in [1.54, 1.807) is 0 Å². The number of nitrogens with zero attached hydrogens (tertiary/aromatic N) is 2. The maximum atomic E-state index is 6.10. The van der Waals surface area contributed by atoms with Gasteiger partial charge >= 0.3 is 0 Å². The monoisotopic (exact) mass is 287 g/mol. The van der Waals surface area contributed by atoms with Gasteiger partial charge in [-0.2, -0.15) is 0 Å². The lowest BCUT2D eigenvalue weighted by atomic mass is 9.94. The van der Waals surface area contributed by atoms with Crippen molar-refractivity contribution >= 4 is 23.1 Å². The molecule has 20 heavy (non-hydrogen) atoms. The molecule has 2 N–H and O–H groups in total. The molecule has 0 aliphatic carbocycles. The summed E-state index contributed by atoms with van der Waals surface area (Å²) in [6.07, 6.45) is 1.12. The second-order valence-electron chi connectivity index (χ2n) is 5.35. The van der Waals surface area contributed by atoms with E-state index in [4.69, 9.17) is 17.3 Å². The van der Waals surface area contributed by atoms with Crippen LogP contribution in [0.2, 0.25) is 5.02 Å². The second-order valence-corrected chi connectivity index (χ2v) is 5.76. The van der Waals surface area contributed by atoms with Crippen LogP contribution in [0.3, 0.4) is 0 Å². The lowest BCUT2D eigenvalue weighted by molar-refractivity contribution is 0.560. The van der Waals surface area contributed by atoms with E-state index in [-0.39, 0.29) is 0 Å². The predicted molar refractivity (Wildman–Crippen MR) is 83.5 cm³/mol. The molecule has 0 bridgehead atoms. The largest absolute Gasteiger partial charge is 0.326 e. The zero-order chi connectivity index (χ0) is 14.1. The van der Waals surface area contributed by atoms with Crippen molar-refractivity contribution in [3.05, 3.63) is 52.7 Å². The molecular weight excluding hydrogens is 270 g/mol. The minimum absolute atomic E-state index is 0.359. The van der Waals surface area contributed by atoms with Gasteiger partial charge in [-0.1, -0.05) is 36.7 Å². The first-order chi connectivity index (χ1) is 9.69. The average molecular weight is 288 g/mol. The molecule has 0 saturated carbocycles. The minimum Gasteiger partial charge on any atom is -0.326 e. The maximum absolute atomic E-state index is 6.10. The summed E-state index contributed by atoms with van der Waals surface area (Å²) < 4.78 is 0. The van der Waals surface area contributed by atoms with Gasteiger partial charge in [-0.25, -0.2) is 4.98 Å². The molecular formula is C16H18ClN3. The minimum atomic E-state index is 0.359. The van der Waals surface area contributed by atoms with Crippen LogP contribution in [0.25, 0.3) is 0 Å². The number of halogens is 1. The molecule has 0 spiro atoms. The van der Waals surface area contributed by atoms with E-state index in [0.717, 1.165) is 24.5 Å². The van der Waals surface area contributed by atoms with Crippen LogP contribution in [-0.4, -0.2) is 11.5 Å². The Morgan fingerprint density at radius 3 is 2.90 bits per heavy atom. The molecule has 0 amide bonds. The van der Waals surface area contributed by atoms with Gasteiger partial charge in [0.2, 0.25) is 0 Å². The molecule has 4 heteroatoms. The van der Waals surface area contributed by atoms with Crippen LogP contribution in [0.4, 0.5) is 11.5 Å². The summed E-state index contributed by atoms with van der Waals surface area (Å²) in [5, 5.41) is 0.634. The molecule has 1 atom stereocenters. The number of hydrogen-bond donors (Lipinski definition) is 1. The van der Waals surface area contributed by atoms with Crippen LogP contribution >= 0.6 is 11.6 Å². The number of anilines is 2. The number of nitrogens with two attached hydrogens (primary N) is 1. The molecule has 3 rings (SSSR count). The molecule has 1 aromatic heterocycles. The van der Waals surface area contributed by atoms with Crippen molar-refractivity contribution in [3.63, 3.8) is 0 Å². The van der Waals surface area contributed by atoms with Crippen LogP contribution < -0.4 is 10.6 Å². The molecule has 2 aromatic rings. The van der Waals surface area contributed by atoms with E-state index in [2.05, 4.69) is 41.1 Å². The van der Waals surface area contributed by atoms with E-state index < -0.39 is 0 Å². The molecule has 0 fully saturated rings. The summed E-state index contributed by atoms with van der Waals surface area (Å²) in [5.41, 5.74) is 9.07. The van der Waals surface area contributed by atoms with Crippen molar-refractivity contribution in [3.8, 4) is 0 Å². The van der Waals surface area contributed by atoms with Gasteiger partial charge in [0.05, 0.1) is 10.7 Å². The second kappa shape index (κ2) is 5.43. The highest BCUT2D eigenvalue weighted by atomic mass is 35.5. The van der Waals surface area contributed by atoms with Gasteiger partial charge in [-0.15, -0.1) is 0 Å². The number of benzene rings is 1. The molecule has 1 unspecified atom stereocenters. The third kappa shape index (κ3) is 2.39. The summed E-state index contributed by atoms with van der Waals surface area (Å²) in [7, 11) is 0. The molecule has 0 radical (unpaired) electrons. The smallest absolute Gasteiger partial charge is 0.133 e. The van der Waals surface area contributed by atoms with Crippen molar-refractivity contribution in [2.75, 3.05) is 11.4 Å². The van der Waals surface area contributed by atoms with Crippen molar-refractivity contribution < 1.29 is 0 Å². The molecule has 104 valence electrons. The quantitative estimate of drug-likeness (QED) is 0.919. The fourth-order valence-electron chi connectivity index (χ4n) is 2.78. The van der Waals surface area contributed by atoms with E-state index in [9.17, 15) is 0 Å². The number of fused-ring (bicyclic) bond motifs is 1. The Bertz CT molecular complexity index is 627. The molecule has 1 aliphatic rings. The Morgan fingerprint density at radius 1 is 1.30 bits per heavy atom. The predicted octanol–water partition coefficient (Wildman–Crippen LogP) is 3.52. The summed E-state index contributed by atoms with van der Waals surface area (Å²) in [4.78, 5) is 6.88. The van der Waals surface area contributed by atoms with E-state index in [1.807, 2.05) is 12.1 Å². The van der Waals surface area contributed by atoms with Gasteiger partial charge in [-0.3, -0.25) is 0 Å². The van der Waals surface area contributed by atoms with Gasteiger partial charge in [0.1, 0.15) is 5.82 Å². The lowest BCUT2D eigenvalue weighted by Crippen LogP contribution is -2.31. The Hall–Kier alpha value is -1.58. The van der Waals surface area contributed by atoms with E-state index in [1.165, 1.54) is 11.3 Å². The fraction of sp³-hybridized carbons (Fsp3) is 0.312. The Kier molecular flexibility index (Phi) is 3.64.